The molecule has 4 nitrogen and oxygen atoms in total. The molecule has 1 aromatic carbocycles. The average molecular weight is 216 g/mol. The monoisotopic (exact) mass is 216 g/mol. The van der Waals surface area contributed by atoms with Crippen LogP contribution in [0.2, 0.25) is 0 Å². The zero-order valence-electron chi connectivity index (χ0n) is 8.37. The number of hydrogen-bond acceptors (Lipinski definition) is 2. The van der Waals surface area contributed by atoms with Crippen molar-refractivity contribution in [1.29, 1.82) is 0 Å². The SMILES string of the molecule is O=C(O)c1ccc(-[n+]2ccccc2)cc1O. The number of rotatable bonds is 2. The van der Waals surface area contributed by atoms with Crippen LogP contribution in [0.5, 0.6) is 5.75 Å². The molecule has 0 saturated carbocycles. The van der Waals surface area contributed by atoms with Gasteiger partial charge in [0, 0.05) is 18.2 Å². The number of aromatic nitrogens is 1. The molecule has 0 unspecified atom stereocenters. The molecule has 0 aliphatic rings. The maximum atomic E-state index is 10.7. The van der Waals surface area contributed by atoms with E-state index < -0.39 is 5.97 Å². The van der Waals surface area contributed by atoms with Gasteiger partial charge in [0.1, 0.15) is 11.3 Å². The minimum absolute atomic E-state index is 0.0970. The molecule has 0 fully saturated rings. The molecule has 16 heavy (non-hydrogen) atoms. The van der Waals surface area contributed by atoms with Gasteiger partial charge in [0.15, 0.2) is 12.4 Å². The van der Waals surface area contributed by atoms with Crippen molar-refractivity contribution in [3.05, 3.63) is 54.4 Å². The summed E-state index contributed by atoms with van der Waals surface area (Å²) in [6.45, 7) is 0. The van der Waals surface area contributed by atoms with Crippen molar-refractivity contribution >= 4 is 5.97 Å². The van der Waals surface area contributed by atoms with E-state index in [1.54, 1.807) is 10.6 Å². The number of carbonyl (C=O) groups is 1. The quantitative estimate of drug-likeness (QED) is 0.745. The average Bonchev–Trinajstić information content (AvgIpc) is 2.29. The Balaban J connectivity index is 2.46. The topological polar surface area (TPSA) is 61.4 Å². The molecule has 0 aliphatic carbocycles. The van der Waals surface area contributed by atoms with E-state index in [4.69, 9.17) is 5.11 Å². The van der Waals surface area contributed by atoms with Crippen LogP contribution in [-0.4, -0.2) is 16.2 Å². The van der Waals surface area contributed by atoms with Gasteiger partial charge in [-0.15, -0.1) is 0 Å². The van der Waals surface area contributed by atoms with E-state index in [1.807, 2.05) is 30.6 Å². The molecule has 0 amide bonds. The van der Waals surface area contributed by atoms with Crippen LogP contribution < -0.4 is 4.57 Å². The van der Waals surface area contributed by atoms with Gasteiger partial charge < -0.3 is 10.2 Å². The minimum Gasteiger partial charge on any atom is -0.507 e. The Kier molecular flexibility index (Phi) is 2.55. The van der Waals surface area contributed by atoms with E-state index in [9.17, 15) is 9.90 Å². The molecule has 1 heterocycles. The lowest BCUT2D eigenvalue weighted by Crippen LogP contribution is -2.28. The molecule has 0 bridgehead atoms. The first-order valence-corrected chi connectivity index (χ1v) is 4.71. The van der Waals surface area contributed by atoms with E-state index >= 15 is 0 Å². The van der Waals surface area contributed by atoms with Gasteiger partial charge >= 0.3 is 5.97 Å². The summed E-state index contributed by atoms with van der Waals surface area (Å²) in [6, 6.07) is 10.0. The van der Waals surface area contributed by atoms with E-state index in [2.05, 4.69) is 0 Å². The largest absolute Gasteiger partial charge is 0.507 e. The summed E-state index contributed by atoms with van der Waals surface area (Å²) in [5, 5.41) is 18.3. The Morgan fingerprint density at radius 1 is 1.12 bits per heavy atom. The van der Waals surface area contributed by atoms with Gasteiger partial charge in [0.2, 0.25) is 5.69 Å². The van der Waals surface area contributed by atoms with Crippen LogP contribution in [0.1, 0.15) is 10.4 Å². The molecule has 1 aromatic heterocycles. The molecule has 0 radical (unpaired) electrons. The molecule has 0 atom stereocenters. The summed E-state index contributed by atoms with van der Waals surface area (Å²) >= 11 is 0. The minimum atomic E-state index is -1.14. The maximum absolute atomic E-state index is 10.7. The van der Waals surface area contributed by atoms with Crippen LogP contribution in [-0.2, 0) is 0 Å². The number of carboxylic acid groups (broad SMARTS) is 1. The molecule has 2 rings (SSSR count). The molecule has 2 aromatic rings. The molecule has 4 heteroatoms. The summed E-state index contributed by atoms with van der Waals surface area (Å²) in [5.74, 6) is -1.37. The number of aromatic carboxylic acids is 1. The number of pyridine rings is 1. The third-order valence-corrected chi connectivity index (χ3v) is 2.23. The lowest BCUT2D eigenvalue weighted by Gasteiger charge is -1.99. The van der Waals surface area contributed by atoms with Crippen molar-refractivity contribution in [2.75, 3.05) is 0 Å². The van der Waals surface area contributed by atoms with Crippen LogP contribution in [0, 0.1) is 0 Å². The van der Waals surface area contributed by atoms with Crippen LogP contribution in [0.4, 0.5) is 0 Å². The molecule has 0 aliphatic heterocycles. The smallest absolute Gasteiger partial charge is 0.339 e. The van der Waals surface area contributed by atoms with E-state index in [0.717, 1.165) is 0 Å². The molecular weight excluding hydrogens is 206 g/mol. The van der Waals surface area contributed by atoms with Crippen LogP contribution >= 0.6 is 0 Å². The maximum Gasteiger partial charge on any atom is 0.339 e. The normalized spacial score (nSPS) is 10.0. The lowest BCUT2D eigenvalue weighted by atomic mass is 10.2. The fourth-order valence-electron chi connectivity index (χ4n) is 1.43. The number of aromatic hydroxyl groups is 1. The molecular formula is C12H10NO3+. The highest BCUT2D eigenvalue weighted by molar-refractivity contribution is 5.90. The van der Waals surface area contributed by atoms with Gasteiger partial charge in [-0.05, 0) is 6.07 Å². The van der Waals surface area contributed by atoms with Gasteiger partial charge in [-0.3, -0.25) is 0 Å². The Hall–Kier alpha value is -2.36. The number of hydrogen-bond donors (Lipinski definition) is 2. The second-order valence-electron chi connectivity index (χ2n) is 3.29. The van der Waals surface area contributed by atoms with Crippen molar-refractivity contribution in [2.24, 2.45) is 0 Å². The van der Waals surface area contributed by atoms with Gasteiger partial charge in [-0.2, -0.15) is 4.57 Å². The highest BCUT2D eigenvalue weighted by Gasteiger charge is 2.13. The summed E-state index contributed by atoms with van der Waals surface area (Å²) < 4.78 is 1.78. The zero-order valence-corrected chi connectivity index (χ0v) is 8.37. The first-order chi connectivity index (χ1) is 7.68. The van der Waals surface area contributed by atoms with E-state index in [0.29, 0.717) is 5.69 Å². The van der Waals surface area contributed by atoms with Gasteiger partial charge in [0.05, 0.1) is 6.07 Å². The fraction of sp³-hybridized carbons (Fsp3) is 0. The number of carboxylic acids is 1. The number of phenols is 1. The third kappa shape index (κ3) is 1.86. The Bertz CT molecular complexity index is 523. The van der Waals surface area contributed by atoms with Gasteiger partial charge in [-0.1, -0.05) is 6.07 Å². The standard InChI is InChI=1S/C12H9NO3/c14-11-8-9(4-5-10(11)12(15)16)13-6-2-1-3-7-13/h1-8H,(H-,14,15,16)/p+1. The second-order valence-corrected chi connectivity index (χ2v) is 3.29. The highest BCUT2D eigenvalue weighted by Crippen LogP contribution is 2.18. The lowest BCUT2D eigenvalue weighted by molar-refractivity contribution is -0.595. The number of nitrogens with zero attached hydrogens (tertiary/aromatic N) is 1. The predicted octanol–water partition coefficient (Wildman–Crippen LogP) is 1.37. The highest BCUT2D eigenvalue weighted by atomic mass is 16.4. The zero-order chi connectivity index (χ0) is 11.5. The van der Waals surface area contributed by atoms with Crippen LogP contribution in [0.25, 0.3) is 5.69 Å². The third-order valence-electron chi connectivity index (χ3n) is 2.23. The van der Waals surface area contributed by atoms with Crippen LogP contribution in [0.3, 0.4) is 0 Å². The summed E-state index contributed by atoms with van der Waals surface area (Å²) in [4.78, 5) is 10.7. The molecule has 80 valence electrons. The summed E-state index contributed by atoms with van der Waals surface area (Å²) in [6.07, 6.45) is 3.63. The summed E-state index contributed by atoms with van der Waals surface area (Å²) in [5.41, 5.74) is 0.614. The number of benzene rings is 1. The van der Waals surface area contributed by atoms with Crippen molar-refractivity contribution in [2.45, 2.75) is 0 Å². The van der Waals surface area contributed by atoms with E-state index in [-0.39, 0.29) is 11.3 Å². The first-order valence-electron chi connectivity index (χ1n) is 4.71. The van der Waals surface area contributed by atoms with Crippen molar-refractivity contribution in [1.82, 2.24) is 0 Å². The fourth-order valence-corrected chi connectivity index (χ4v) is 1.43. The Morgan fingerprint density at radius 3 is 2.38 bits per heavy atom. The second kappa shape index (κ2) is 4.02. The van der Waals surface area contributed by atoms with Crippen LogP contribution in [0.15, 0.2) is 48.8 Å². The first kappa shape index (κ1) is 10.2. The molecule has 0 spiro atoms. The molecule has 2 N–H and O–H groups in total. The van der Waals surface area contributed by atoms with Crippen molar-refractivity contribution < 1.29 is 19.6 Å². The molecule has 0 saturated heterocycles. The van der Waals surface area contributed by atoms with Crippen molar-refractivity contribution in [3.8, 4) is 11.4 Å². The van der Waals surface area contributed by atoms with Gasteiger partial charge in [-0.25, -0.2) is 4.79 Å². The summed E-state index contributed by atoms with van der Waals surface area (Å²) in [7, 11) is 0. The predicted molar refractivity (Wildman–Crippen MR) is 56.6 cm³/mol. The Morgan fingerprint density at radius 2 is 1.81 bits per heavy atom. The van der Waals surface area contributed by atoms with Crippen molar-refractivity contribution in [3.63, 3.8) is 0 Å². The van der Waals surface area contributed by atoms with Gasteiger partial charge in [0.25, 0.3) is 0 Å². The van der Waals surface area contributed by atoms with E-state index in [1.165, 1.54) is 12.1 Å². The Labute approximate surface area is 92.0 Å².